The summed E-state index contributed by atoms with van der Waals surface area (Å²) in [7, 11) is 0. The summed E-state index contributed by atoms with van der Waals surface area (Å²) < 4.78 is 3.40. The van der Waals surface area contributed by atoms with Gasteiger partial charge in [-0.05, 0) is 55.9 Å². The summed E-state index contributed by atoms with van der Waals surface area (Å²) in [6, 6.07) is 8.52. The van der Waals surface area contributed by atoms with Gasteiger partial charge in [-0.1, -0.05) is 35.8 Å². The molecule has 0 aliphatic heterocycles. The lowest BCUT2D eigenvalue weighted by molar-refractivity contribution is 0.0987. The summed E-state index contributed by atoms with van der Waals surface area (Å²) in [6.45, 7) is 8.73. The molecular formula is C18H22BrNO. The Balaban J connectivity index is 2.23. The van der Waals surface area contributed by atoms with E-state index in [0.717, 1.165) is 22.9 Å². The Kier molecular flexibility index (Phi) is 3.53. The van der Waals surface area contributed by atoms with Gasteiger partial charge in [-0.25, -0.2) is 0 Å². The predicted octanol–water partition coefficient (Wildman–Crippen LogP) is 4.86. The van der Waals surface area contributed by atoms with Crippen LogP contribution in [-0.4, -0.2) is 9.67 Å². The van der Waals surface area contributed by atoms with Crippen molar-refractivity contribution in [3.8, 4) is 5.69 Å². The van der Waals surface area contributed by atoms with E-state index in [2.05, 4.69) is 72.5 Å². The number of halogens is 1. The lowest BCUT2D eigenvalue weighted by Crippen LogP contribution is -2.26. The van der Waals surface area contributed by atoms with Gasteiger partial charge in [0.1, 0.15) is 0 Å². The van der Waals surface area contributed by atoms with Gasteiger partial charge in [-0.2, -0.15) is 0 Å². The number of nitrogens with zero attached hydrogens (tertiary/aromatic N) is 1. The highest BCUT2D eigenvalue weighted by Gasteiger charge is 2.34. The van der Waals surface area contributed by atoms with Gasteiger partial charge in [0.25, 0.3) is 0 Å². The number of benzene rings is 1. The van der Waals surface area contributed by atoms with Crippen LogP contribution in [0.25, 0.3) is 5.69 Å². The third kappa shape index (κ3) is 2.58. The highest BCUT2D eigenvalue weighted by atomic mass is 79.9. The van der Waals surface area contributed by atoms with E-state index in [-0.39, 0.29) is 11.5 Å². The third-order valence-electron chi connectivity index (χ3n) is 4.48. The number of rotatable bonds is 1. The Morgan fingerprint density at radius 3 is 2.67 bits per heavy atom. The van der Waals surface area contributed by atoms with Crippen molar-refractivity contribution in [3.63, 3.8) is 0 Å². The van der Waals surface area contributed by atoms with E-state index in [0.29, 0.717) is 0 Å². The maximum absolute atomic E-state index is 10.5. The molecule has 0 bridgehead atoms. The average molecular weight is 348 g/mol. The van der Waals surface area contributed by atoms with Crippen LogP contribution in [0.4, 0.5) is 0 Å². The van der Waals surface area contributed by atoms with Crippen LogP contribution in [0.3, 0.4) is 0 Å². The molecule has 1 unspecified atom stereocenters. The summed E-state index contributed by atoms with van der Waals surface area (Å²) in [5, 5.41) is 10.5. The minimum Gasteiger partial charge on any atom is -0.388 e. The number of hydrogen-bond donors (Lipinski definition) is 1. The van der Waals surface area contributed by atoms with Crippen LogP contribution in [0, 0.1) is 19.3 Å². The number of fused-ring (bicyclic) bond motifs is 1. The molecule has 112 valence electrons. The van der Waals surface area contributed by atoms with Crippen LogP contribution in [-0.2, 0) is 6.42 Å². The summed E-state index contributed by atoms with van der Waals surface area (Å²) in [6.07, 6.45) is 1.48. The Labute approximate surface area is 134 Å². The molecule has 2 aromatic rings. The van der Waals surface area contributed by atoms with Gasteiger partial charge in [-0.3, -0.25) is 0 Å². The Morgan fingerprint density at radius 1 is 1.24 bits per heavy atom. The standard InChI is InChI=1S/C18H22BrNO/c1-11-5-6-13(19)8-15(11)20-12(2)7-14-16(20)9-18(3,4)10-17(14)21/h5-8,17,21H,9-10H2,1-4H3. The lowest BCUT2D eigenvalue weighted by atomic mass is 9.75. The highest BCUT2D eigenvalue weighted by Crippen LogP contribution is 2.43. The largest absolute Gasteiger partial charge is 0.388 e. The molecule has 21 heavy (non-hydrogen) atoms. The fraction of sp³-hybridized carbons (Fsp3) is 0.444. The van der Waals surface area contributed by atoms with Crippen molar-refractivity contribution >= 4 is 15.9 Å². The molecule has 1 aliphatic carbocycles. The van der Waals surface area contributed by atoms with Crippen LogP contribution < -0.4 is 0 Å². The molecule has 0 saturated carbocycles. The second-order valence-corrected chi connectivity index (χ2v) is 7.93. The summed E-state index contributed by atoms with van der Waals surface area (Å²) in [5.74, 6) is 0. The molecule has 2 nitrogen and oxygen atoms in total. The zero-order valence-electron chi connectivity index (χ0n) is 13.1. The molecule has 1 aromatic carbocycles. The second-order valence-electron chi connectivity index (χ2n) is 7.01. The third-order valence-corrected chi connectivity index (χ3v) is 4.98. The van der Waals surface area contributed by atoms with Crippen molar-refractivity contribution < 1.29 is 5.11 Å². The molecule has 1 atom stereocenters. The second kappa shape index (κ2) is 4.99. The summed E-state index contributed by atoms with van der Waals surface area (Å²) in [5.41, 5.74) is 6.14. The summed E-state index contributed by atoms with van der Waals surface area (Å²) >= 11 is 3.57. The average Bonchev–Trinajstić information content (AvgIpc) is 2.68. The predicted molar refractivity (Wildman–Crippen MR) is 90.0 cm³/mol. The fourth-order valence-electron chi connectivity index (χ4n) is 3.50. The SMILES string of the molecule is Cc1ccc(Br)cc1-n1c(C)cc2c1CC(C)(C)CC2O. The highest BCUT2D eigenvalue weighted by molar-refractivity contribution is 9.10. The van der Waals surface area contributed by atoms with E-state index >= 15 is 0 Å². The van der Waals surface area contributed by atoms with Gasteiger partial charge in [0.2, 0.25) is 0 Å². The molecule has 3 rings (SSSR count). The number of aliphatic hydroxyl groups is 1. The van der Waals surface area contributed by atoms with Gasteiger partial charge >= 0.3 is 0 Å². The monoisotopic (exact) mass is 347 g/mol. The molecule has 0 radical (unpaired) electrons. The molecule has 1 heterocycles. The smallest absolute Gasteiger partial charge is 0.0812 e. The lowest BCUT2D eigenvalue weighted by Gasteiger charge is -2.34. The van der Waals surface area contributed by atoms with Crippen molar-refractivity contribution in [2.24, 2.45) is 5.41 Å². The van der Waals surface area contributed by atoms with Gasteiger partial charge in [0.15, 0.2) is 0 Å². The van der Waals surface area contributed by atoms with Gasteiger partial charge < -0.3 is 9.67 Å². The fourth-order valence-corrected chi connectivity index (χ4v) is 3.85. The number of aryl methyl sites for hydroxylation is 2. The van der Waals surface area contributed by atoms with Crippen LogP contribution in [0.2, 0.25) is 0 Å². The number of aromatic nitrogens is 1. The Morgan fingerprint density at radius 2 is 1.95 bits per heavy atom. The Bertz CT molecular complexity index is 699. The first-order valence-electron chi connectivity index (χ1n) is 7.44. The van der Waals surface area contributed by atoms with Crippen molar-refractivity contribution in [3.05, 3.63) is 51.3 Å². The molecule has 0 spiro atoms. The molecule has 1 aliphatic rings. The first-order chi connectivity index (χ1) is 9.78. The molecule has 0 amide bonds. The van der Waals surface area contributed by atoms with E-state index in [4.69, 9.17) is 0 Å². The normalized spacial score (nSPS) is 20.4. The van der Waals surface area contributed by atoms with Crippen molar-refractivity contribution in [2.45, 2.75) is 46.6 Å². The minimum absolute atomic E-state index is 0.134. The van der Waals surface area contributed by atoms with E-state index < -0.39 is 0 Å². The number of aliphatic hydroxyl groups excluding tert-OH is 1. The molecule has 3 heteroatoms. The van der Waals surface area contributed by atoms with Crippen molar-refractivity contribution in [1.82, 2.24) is 4.57 Å². The first-order valence-corrected chi connectivity index (χ1v) is 8.23. The van der Waals surface area contributed by atoms with Crippen LogP contribution in [0.5, 0.6) is 0 Å². The van der Waals surface area contributed by atoms with E-state index in [1.807, 2.05) is 0 Å². The Hall–Kier alpha value is -1.06. The molecule has 1 N–H and O–H groups in total. The zero-order valence-corrected chi connectivity index (χ0v) is 14.7. The van der Waals surface area contributed by atoms with Crippen LogP contribution in [0.15, 0.2) is 28.7 Å². The van der Waals surface area contributed by atoms with Crippen molar-refractivity contribution in [2.75, 3.05) is 0 Å². The van der Waals surface area contributed by atoms with E-state index in [1.165, 1.54) is 22.6 Å². The van der Waals surface area contributed by atoms with Crippen molar-refractivity contribution in [1.29, 1.82) is 0 Å². The van der Waals surface area contributed by atoms with E-state index in [1.54, 1.807) is 0 Å². The van der Waals surface area contributed by atoms with Gasteiger partial charge in [0.05, 0.1) is 6.10 Å². The minimum atomic E-state index is -0.351. The van der Waals surface area contributed by atoms with Crippen LogP contribution >= 0.6 is 15.9 Å². The number of hydrogen-bond acceptors (Lipinski definition) is 1. The molecule has 1 aromatic heterocycles. The van der Waals surface area contributed by atoms with Gasteiger partial charge in [0, 0.05) is 27.1 Å². The maximum Gasteiger partial charge on any atom is 0.0812 e. The first kappa shape index (κ1) is 14.9. The molecular weight excluding hydrogens is 326 g/mol. The van der Waals surface area contributed by atoms with Crippen LogP contribution in [0.1, 0.15) is 48.9 Å². The maximum atomic E-state index is 10.5. The topological polar surface area (TPSA) is 25.2 Å². The molecule has 0 fully saturated rings. The zero-order chi connectivity index (χ0) is 15.4. The summed E-state index contributed by atoms with van der Waals surface area (Å²) in [4.78, 5) is 0. The van der Waals surface area contributed by atoms with Gasteiger partial charge in [-0.15, -0.1) is 0 Å². The quantitative estimate of drug-likeness (QED) is 0.782. The van der Waals surface area contributed by atoms with E-state index in [9.17, 15) is 5.11 Å². The molecule has 0 saturated heterocycles.